The molecule has 3 rings (SSSR count). The van der Waals surface area contributed by atoms with Crippen molar-refractivity contribution in [1.29, 1.82) is 4.78 Å². The monoisotopic (exact) mass is 502 g/mol. The molecule has 1 aromatic heterocycles. The molecule has 0 saturated heterocycles. The van der Waals surface area contributed by atoms with Gasteiger partial charge in [0.1, 0.15) is 11.3 Å². The Morgan fingerprint density at radius 3 is 2.50 bits per heavy atom. The van der Waals surface area contributed by atoms with Crippen molar-refractivity contribution >= 4 is 21.3 Å². The standard InChI is InChI=1S/C20H15F5N4O4S/c1-34(26,31)13-4-2-3-11(7-13)27-18(30)14-9-17(20(23,24)25)28-29-19(14)33-16-6-5-12(32-10-21)8-15(16)22/h2-9,26H,10H2,1H3,(H,27,30). The second-order valence-corrected chi connectivity index (χ2v) is 8.88. The molecule has 0 aliphatic heterocycles. The van der Waals surface area contributed by atoms with Gasteiger partial charge in [-0.1, -0.05) is 6.07 Å². The topological polar surface area (TPSA) is 114 Å². The first kappa shape index (κ1) is 24.8. The highest BCUT2D eigenvalue weighted by Gasteiger charge is 2.35. The predicted octanol–water partition coefficient (Wildman–Crippen LogP) is 5.02. The summed E-state index contributed by atoms with van der Waals surface area (Å²) in [5.41, 5.74) is -2.22. The molecule has 0 aliphatic rings. The highest BCUT2D eigenvalue weighted by molar-refractivity contribution is 7.91. The summed E-state index contributed by atoms with van der Waals surface area (Å²) < 4.78 is 95.2. The summed E-state index contributed by atoms with van der Waals surface area (Å²) in [6, 6.07) is 8.61. The van der Waals surface area contributed by atoms with Crippen molar-refractivity contribution < 1.29 is 40.4 Å². The molecule has 1 unspecified atom stereocenters. The molecule has 0 aliphatic carbocycles. The minimum atomic E-state index is -4.95. The van der Waals surface area contributed by atoms with Crippen molar-refractivity contribution in [3.8, 4) is 17.4 Å². The fraction of sp³-hybridized carbons (Fsp3) is 0.150. The molecule has 3 aromatic rings. The van der Waals surface area contributed by atoms with Crippen molar-refractivity contribution in [2.45, 2.75) is 11.1 Å². The van der Waals surface area contributed by atoms with E-state index in [2.05, 4.69) is 20.3 Å². The van der Waals surface area contributed by atoms with E-state index in [1.54, 1.807) is 0 Å². The van der Waals surface area contributed by atoms with Gasteiger partial charge in [0.25, 0.3) is 11.8 Å². The molecule has 0 saturated carbocycles. The SMILES string of the molecule is CS(=N)(=O)c1cccc(NC(=O)c2cc(C(F)(F)F)nnc2Oc2ccc(OCF)cc2F)c1. The first-order chi connectivity index (χ1) is 15.9. The zero-order valence-corrected chi connectivity index (χ0v) is 18.0. The molecule has 2 N–H and O–H groups in total. The van der Waals surface area contributed by atoms with Crippen LogP contribution in [0.15, 0.2) is 53.4 Å². The lowest BCUT2D eigenvalue weighted by Gasteiger charge is -2.13. The van der Waals surface area contributed by atoms with Gasteiger partial charge in [-0.25, -0.2) is 17.8 Å². The molecular formula is C20H15F5N4O4S. The third-order valence-electron chi connectivity index (χ3n) is 4.17. The highest BCUT2D eigenvalue weighted by Crippen LogP contribution is 2.33. The smallest absolute Gasteiger partial charge is 0.435 e. The van der Waals surface area contributed by atoms with Gasteiger partial charge < -0.3 is 14.8 Å². The van der Waals surface area contributed by atoms with Crippen LogP contribution in [0.1, 0.15) is 16.1 Å². The van der Waals surface area contributed by atoms with Crippen LogP contribution in [-0.4, -0.2) is 33.4 Å². The number of hydrogen-bond donors (Lipinski definition) is 2. The Hall–Kier alpha value is -3.81. The predicted molar refractivity (Wildman–Crippen MR) is 110 cm³/mol. The average molecular weight is 502 g/mol. The number of nitrogens with one attached hydrogen (secondary N) is 2. The number of nitrogens with zero attached hydrogens (tertiary/aromatic N) is 2. The Balaban J connectivity index is 1.99. The average Bonchev–Trinajstić information content (AvgIpc) is 2.75. The Bertz CT molecular complexity index is 1330. The van der Waals surface area contributed by atoms with E-state index in [-0.39, 0.29) is 16.3 Å². The summed E-state index contributed by atoms with van der Waals surface area (Å²) in [7, 11) is -3.14. The van der Waals surface area contributed by atoms with Crippen molar-refractivity contribution in [1.82, 2.24) is 10.2 Å². The summed E-state index contributed by atoms with van der Waals surface area (Å²) in [5, 5.41) is 8.55. The highest BCUT2D eigenvalue weighted by atomic mass is 32.2. The largest absolute Gasteiger partial charge is 0.463 e. The van der Waals surface area contributed by atoms with Crippen molar-refractivity contribution in [3.63, 3.8) is 0 Å². The molecule has 0 radical (unpaired) electrons. The lowest BCUT2D eigenvalue weighted by Crippen LogP contribution is -2.18. The molecule has 1 atom stereocenters. The molecule has 180 valence electrons. The van der Waals surface area contributed by atoms with Crippen molar-refractivity contribution in [2.24, 2.45) is 0 Å². The number of halogens is 5. The number of hydrogen-bond acceptors (Lipinski definition) is 7. The van der Waals surface area contributed by atoms with Crippen LogP contribution in [0.25, 0.3) is 0 Å². The van der Waals surface area contributed by atoms with Crippen LogP contribution in [-0.2, 0) is 15.9 Å². The summed E-state index contributed by atoms with van der Waals surface area (Å²) in [4.78, 5) is 12.9. The van der Waals surface area contributed by atoms with Crippen LogP contribution in [0.2, 0.25) is 0 Å². The van der Waals surface area contributed by atoms with Gasteiger partial charge >= 0.3 is 6.18 Å². The van der Waals surface area contributed by atoms with Gasteiger partial charge in [-0.15, -0.1) is 10.2 Å². The maximum absolute atomic E-state index is 14.3. The van der Waals surface area contributed by atoms with Crippen LogP contribution in [0.5, 0.6) is 17.4 Å². The number of carbonyl (C=O) groups is 1. The molecule has 0 bridgehead atoms. The summed E-state index contributed by atoms with van der Waals surface area (Å²) >= 11 is 0. The Morgan fingerprint density at radius 2 is 1.88 bits per heavy atom. The fourth-order valence-corrected chi connectivity index (χ4v) is 3.28. The molecular weight excluding hydrogens is 487 g/mol. The number of benzene rings is 2. The van der Waals surface area contributed by atoms with Crippen LogP contribution in [0.4, 0.5) is 27.6 Å². The molecule has 1 amide bonds. The van der Waals surface area contributed by atoms with Gasteiger partial charge in [0.15, 0.2) is 17.3 Å². The van der Waals surface area contributed by atoms with E-state index in [0.717, 1.165) is 24.5 Å². The van der Waals surface area contributed by atoms with Crippen LogP contribution < -0.4 is 14.8 Å². The third kappa shape index (κ3) is 5.95. The zero-order valence-electron chi connectivity index (χ0n) is 17.2. The van der Waals surface area contributed by atoms with Gasteiger partial charge in [0.2, 0.25) is 6.86 Å². The van der Waals surface area contributed by atoms with Crippen molar-refractivity contribution in [3.05, 3.63) is 65.6 Å². The lowest BCUT2D eigenvalue weighted by atomic mass is 10.2. The zero-order chi connectivity index (χ0) is 25.1. The second-order valence-electron chi connectivity index (χ2n) is 6.72. The van der Waals surface area contributed by atoms with Crippen LogP contribution >= 0.6 is 0 Å². The fourth-order valence-electron chi connectivity index (χ4n) is 2.59. The number of alkyl halides is 4. The number of aromatic nitrogens is 2. The number of ether oxygens (including phenoxy) is 2. The number of carbonyl (C=O) groups excluding carboxylic acids is 1. The van der Waals surface area contributed by atoms with Gasteiger partial charge in [-0.2, -0.15) is 13.2 Å². The Kier molecular flexibility index (Phi) is 7.00. The van der Waals surface area contributed by atoms with E-state index >= 15 is 0 Å². The minimum Gasteiger partial charge on any atom is -0.463 e. The quantitative estimate of drug-likeness (QED) is 0.439. The van der Waals surface area contributed by atoms with Crippen LogP contribution in [0, 0.1) is 10.6 Å². The molecule has 0 fully saturated rings. The van der Waals surface area contributed by atoms with Gasteiger partial charge in [0, 0.05) is 22.9 Å². The van der Waals surface area contributed by atoms with Gasteiger partial charge in [-0.05, 0) is 36.4 Å². The maximum Gasteiger partial charge on any atom is 0.435 e. The molecule has 8 nitrogen and oxygen atoms in total. The van der Waals surface area contributed by atoms with E-state index in [1.807, 2.05) is 0 Å². The van der Waals surface area contributed by atoms with E-state index in [4.69, 9.17) is 9.52 Å². The molecule has 34 heavy (non-hydrogen) atoms. The maximum atomic E-state index is 14.3. The Morgan fingerprint density at radius 1 is 1.15 bits per heavy atom. The number of amides is 1. The van der Waals surface area contributed by atoms with Gasteiger partial charge in [-0.3, -0.25) is 4.79 Å². The molecule has 14 heteroatoms. The summed E-state index contributed by atoms with van der Waals surface area (Å²) in [6.07, 6.45) is -3.79. The lowest BCUT2D eigenvalue weighted by molar-refractivity contribution is -0.141. The molecule has 0 spiro atoms. The van der Waals surface area contributed by atoms with Crippen molar-refractivity contribution in [2.75, 3.05) is 18.4 Å². The number of anilines is 1. The second kappa shape index (κ2) is 9.59. The van der Waals surface area contributed by atoms with E-state index in [9.17, 15) is 31.0 Å². The van der Waals surface area contributed by atoms with Crippen LogP contribution in [0.3, 0.4) is 0 Å². The summed E-state index contributed by atoms with van der Waals surface area (Å²) in [6.45, 7) is -1.22. The van der Waals surface area contributed by atoms with E-state index in [1.165, 1.54) is 24.3 Å². The first-order valence-corrected chi connectivity index (χ1v) is 11.1. The Labute approximate surface area is 189 Å². The first-order valence-electron chi connectivity index (χ1n) is 9.15. The van der Waals surface area contributed by atoms with E-state index in [0.29, 0.717) is 6.07 Å². The normalized spacial score (nSPS) is 13.1. The third-order valence-corrected chi connectivity index (χ3v) is 5.32. The molecule has 1 heterocycles. The number of rotatable bonds is 7. The van der Waals surface area contributed by atoms with E-state index < -0.39 is 57.4 Å². The van der Waals surface area contributed by atoms with Gasteiger partial charge in [0.05, 0.1) is 9.73 Å². The summed E-state index contributed by atoms with van der Waals surface area (Å²) in [5.74, 6) is -3.67. The molecule has 2 aromatic carbocycles. The minimum absolute atomic E-state index is 0.0274.